The van der Waals surface area contributed by atoms with E-state index in [1.54, 1.807) is 7.11 Å². The van der Waals surface area contributed by atoms with E-state index in [4.69, 9.17) is 9.47 Å². The second-order valence-corrected chi connectivity index (χ2v) is 5.89. The first kappa shape index (κ1) is 17.3. The maximum Gasteiger partial charge on any atom is 0.118 e. The summed E-state index contributed by atoms with van der Waals surface area (Å²) in [6, 6.07) is 18.6. The third-order valence-corrected chi connectivity index (χ3v) is 4.00. The van der Waals surface area contributed by atoms with Crippen LogP contribution in [0.15, 0.2) is 67.3 Å². The van der Waals surface area contributed by atoms with E-state index in [0.29, 0.717) is 12.5 Å². The van der Waals surface area contributed by atoms with Crippen LogP contribution >= 0.6 is 0 Å². The number of ether oxygens (including phenoxy) is 2. The maximum atomic E-state index is 5.98. The van der Waals surface area contributed by atoms with Gasteiger partial charge in [0.2, 0.25) is 0 Å². The summed E-state index contributed by atoms with van der Waals surface area (Å²) in [4.78, 5) is 0. The highest BCUT2D eigenvalue weighted by molar-refractivity contribution is 5.26. The van der Waals surface area contributed by atoms with Crippen LogP contribution in [0.2, 0.25) is 0 Å². The molecule has 2 aromatic carbocycles. The van der Waals surface area contributed by atoms with Gasteiger partial charge in [0.25, 0.3) is 0 Å². The normalized spacial score (nSPS) is 13.3. The van der Waals surface area contributed by atoms with Crippen molar-refractivity contribution in [2.45, 2.75) is 32.5 Å². The van der Waals surface area contributed by atoms with Crippen molar-refractivity contribution in [3.8, 4) is 5.75 Å². The molecule has 2 rings (SSSR count). The Morgan fingerprint density at radius 3 is 2.30 bits per heavy atom. The van der Waals surface area contributed by atoms with Crippen LogP contribution in [0, 0.1) is 5.92 Å². The summed E-state index contributed by atoms with van der Waals surface area (Å²) in [7, 11) is 1.68. The van der Waals surface area contributed by atoms with Crippen LogP contribution < -0.4 is 4.74 Å². The van der Waals surface area contributed by atoms with Crippen LogP contribution in [0.3, 0.4) is 0 Å². The number of hydrogen-bond donors (Lipinski definition) is 0. The van der Waals surface area contributed by atoms with Crippen molar-refractivity contribution in [2.24, 2.45) is 5.92 Å². The van der Waals surface area contributed by atoms with E-state index in [2.05, 4.69) is 37.8 Å². The summed E-state index contributed by atoms with van der Waals surface area (Å²) in [6.07, 6.45) is 4.24. The second kappa shape index (κ2) is 9.16. The molecule has 0 aliphatic carbocycles. The first-order valence-corrected chi connectivity index (χ1v) is 8.12. The molecule has 0 N–H and O–H groups in total. The smallest absolute Gasteiger partial charge is 0.118 e. The van der Waals surface area contributed by atoms with Crippen LogP contribution in [-0.4, -0.2) is 13.2 Å². The van der Waals surface area contributed by atoms with E-state index < -0.39 is 0 Å². The second-order valence-electron chi connectivity index (χ2n) is 5.89. The molecule has 0 spiro atoms. The molecule has 2 aromatic rings. The molecular weight excluding hydrogens is 284 g/mol. The van der Waals surface area contributed by atoms with Gasteiger partial charge in [0.05, 0.1) is 19.8 Å². The minimum absolute atomic E-state index is 0.198. The van der Waals surface area contributed by atoms with E-state index >= 15 is 0 Å². The van der Waals surface area contributed by atoms with Crippen molar-refractivity contribution in [3.05, 3.63) is 78.4 Å². The molecule has 0 saturated carbocycles. The Balaban J connectivity index is 1.79. The van der Waals surface area contributed by atoms with Crippen LogP contribution in [0.5, 0.6) is 5.75 Å². The molecule has 0 heterocycles. The molecule has 0 amide bonds. The third-order valence-electron chi connectivity index (χ3n) is 4.00. The van der Waals surface area contributed by atoms with Crippen LogP contribution in [0.25, 0.3) is 0 Å². The van der Waals surface area contributed by atoms with Crippen molar-refractivity contribution >= 4 is 0 Å². The van der Waals surface area contributed by atoms with Crippen molar-refractivity contribution in [3.63, 3.8) is 0 Å². The fourth-order valence-corrected chi connectivity index (χ4v) is 2.63. The van der Waals surface area contributed by atoms with Crippen molar-refractivity contribution in [2.75, 3.05) is 7.11 Å². The van der Waals surface area contributed by atoms with E-state index in [-0.39, 0.29) is 6.10 Å². The lowest BCUT2D eigenvalue weighted by Gasteiger charge is -2.19. The molecule has 2 heteroatoms. The van der Waals surface area contributed by atoms with E-state index in [0.717, 1.165) is 24.2 Å². The Bertz CT molecular complexity index is 575. The molecule has 0 aliphatic heterocycles. The zero-order valence-electron chi connectivity index (χ0n) is 14.1. The lowest BCUT2D eigenvalue weighted by atomic mass is 9.94. The van der Waals surface area contributed by atoms with Crippen molar-refractivity contribution < 1.29 is 9.47 Å². The van der Waals surface area contributed by atoms with Gasteiger partial charge >= 0.3 is 0 Å². The molecule has 0 aliphatic rings. The summed E-state index contributed by atoms with van der Waals surface area (Å²) < 4.78 is 11.1. The highest BCUT2D eigenvalue weighted by Gasteiger charge is 2.11. The number of allylic oxidation sites excluding steroid dienone is 1. The van der Waals surface area contributed by atoms with E-state index in [9.17, 15) is 0 Å². The Labute approximate surface area is 139 Å². The highest BCUT2D eigenvalue weighted by Crippen LogP contribution is 2.18. The number of hydrogen-bond acceptors (Lipinski definition) is 2. The summed E-state index contributed by atoms with van der Waals surface area (Å²) in [5.74, 6) is 1.31. The molecule has 0 radical (unpaired) electrons. The maximum absolute atomic E-state index is 5.98. The molecule has 2 atom stereocenters. The Hall–Kier alpha value is -2.06. The Morgan fingerprint density at radius 1 is 1.00 bits per heavy atom. The van der Waals surface area contributed by atoms with Gasteiger partial charge < -0.3 is 9.47 Å². The number of benzene rings is 2. The zero-order valence-corrected chi connectivity index (χ0v) is 14.1. The summed E-state index contributed by atoms with van der Waals surface area (Å²) >= 11 is 0. The SMILES string of the molecule is C=CC(Cc1ccccc1)CC(C)OCc1ccc(OC)cc1. The van der Waals surface area contributed by atoms with Gasteiger partial charge in [0.15, 0.2) is 0 Å². The van der Waals surface area contributed by atoms with Gasteiger partial charge in [-0.25, -0.2) is 0 Å². The lowest BCUT2D eigenvalue weighted by Crippen LogP contribution is -2.14. The summed E-state index contributed by atoms with van der Waals surface area (Å²) in [5, 5.41) is 0. The van der Waals surface area contributed by atoms with Crippen LogP contribution in [0.1, 0.15) is 24.5 Å². The minimum atomic E-state index is 0.198. The lowest BCUT2D eigenvalue weighted by molar-refractivity contribution is 0.0405. The van der Waals surface area contributed by atoms with Gasteiger partial charge in [-0.05, 0) is 48.9 Å². The van der Waals surface area contributed by atoms with Gasteiger partial charge in [0, 0.05) is 0 Å². The Kier molecular flexibility index (Phi) is 6.89. The Morgan fingerprint density at radius 2 is 1.70 bits per heavy atom. The largest absolute Gasteiger partial charge is 0.497 e. The fraction of sp³-hybridized carbons (Fsp3) is 0.333. The topological polar surface area (TPSA) is 18.5 Å². The minimum Gasteiger partial charge on any atom is -0.497 e. The molecule has 23 heavy (non-hydrogen) atoms. The molecule has 0 bridgehead atoms. The van der Waals surface area contributed by atoms with Gasteiger partial charge in [-0.1, -0.05) is 48.5 Å². The summed E-state index contributed by atoms with van der Waals surface area (Å²) in [6.45, 7) is 6.73. The van der Waals surface area contributed by atoms with Gasteiger partial charge in [-0.2, -0.15) is 0 Å². The first-order chi connectivity index (χ1) is 11.2. The third kappa shape index (κ3) is 5.91. The van der Waals surface area contributed by atoms with E-state index in [1.807, 2.05) is 36.4 Å². The molecule has 2 unspecified atom stereocenters. The molecule has 122 valence electrons. The average Bonchev–Trinajstić information content (AvgIpc) is 2.60. The van der Waals surface area contributed by atoms with Crippen molar-refractivity contribution in [1.82, 2.24) is 0 Å². The zero-order chi connectivity index (χ0) is 16.5. The quantitative estimate of drug-likeness (QED) is 0.604. The predicted molar refractivity (Wildman–Crippen MR) is 95.7 cm³/mol. The highest BCUT2D eigenvalue weighted by atomic mass is 16.5. The standard InChI is InChI=1S/C21H26O2/c1-4-18(15-19-8-6-5-7-9-19)14-17(2)23-16-20-10-12-21(22-3)13-11-20/h4-13,17-18H,1,14-16H2,2-3H3. The average molecular weight is 310 g/mol. The van der Waals surface area contributed by atoms with Crippen molar-refractivity contribution in [1.29, 1.82) is 0 Å². The number of methoxy groups -OCH3 is 1. The fourth-order valence-electron chi connectivity index (χ4n) is 2.63. The molecule has 0 fully saturated rings. The molecule has 2 nitrogen and oxygen atoms in total. The van der Waals surface area contributed by atoms with Gasteiger partial charge in [-0.3, -0.25) is 0 Å². The van der Waals surface area contributed by atoms with Crippen LogP contribution in [-0.2, 0) is 17.8 Å². The monoisotopic (exact) mass is 310 g/mol. The number of rotatable bonds is 9. The molecule has 0 saturated heterocycles. The first-order valence-electron chi connectivity index (χ1n) is 8.12. The van der Waals surface area contributed by atoms with E-state index in [1.165, 1.54) is 5.56 Å². The van der Waals surface area contributed by atoms with Crippen LogP contribution in [0.4, 0.5) is 0 Å². The molecule has 0 aromatic heterocycles. The van der Waals surface area contributed by atoms with Gasteiger partial charge in [0.1, 0.15) is 5.75 Å². The molecular formula is C21H26O2. The van der Waals surface area contributed by atoms with Gasteiger partial charge in [-0.15, -0.1) is 6.58 Å². The summed E-state index contributed by atoms with van der Waals surface area (Å²) in [5.41, 5.74) is 2.51. The predicted octanol–water partition coefficient (Wildman–Crippen LogP) is 5.04.